The maximum atomic E-state index is 11.5. The molecule has 14 heavy (non-hydrogen) atoms. The van der Waals surface area contributed by atoms with Crippen molar-refractivity contribution in [2.75, 3.05) is 0 Å². The summed E-state index contributed by atoms with van der Waals surface area (Å²) in [5, 5.41) is 3.48. The zero-order valence-electron chi connectivity index (χ0n) is 8.88. The Bertz CT molecular complexity index is 231. The number of hydrogen-bond donors (Lipinski definition) is 2. The number of carbonyl (C=O) groups excluding carboxylic acids is 1. The van der Waals surface area contributed by atoms with Crippen LogP contribution in [0.5, 0.6) is 0 Å². The highest BCUT2D eigenvalue weighted by molar-refractivity contribution is 5.85. The predicted octanol–water partition coefficient (Wildman–Crippen LogP) is 1.17. The molecule has 0 aromatic carbocycles. The van der Waals surface area contributed by atoms with Crippen molar-refractivity contribution in [1.82, 2.24) is 5.32 Å². The van der Waals surface area contributed by atoms with Gasteiger partial charge in [0.2, 0.25) is 5.91 Å². The molecule has 1 atom stereocenters. The summed E-state index contributed by atoms with van der Waals surface area (Å²) in [6, 6.07) is 0.521. The van der Waals surface area contributed by atoms with E-state index in [0.717, 1.165) is 12.8 Å². The number of nitrogens with one attached hydrogen (secondary N) is 1. The van der Waals surface area contributed by atoms with Gasteiger partial charge in [-0.05, 0) is 38.5 Å². The Morgan fingerprint density at radius 2 is 1.86 bits per heavy atom. The van der Waals surface area contributed by atoms with Crippen LogP contribution in [0.4, 0.5) is 0 Å². The first kappa shape index (κ1) is 9.97. The summed E-state index contributed by atoms with van der Waals surface area (Å²) >= 11 is 0. The van der Waals surface area contributed by atoms with Gasteiger partial charge in [-0.25, -0.2) is 0 Å². The second-order valence-corrected chi connectivity index (χ2v) is 4.97. The summed E-state index contributed by atoms with van der Waals surface area (Å²) < 4.78 is 0. The minimum Gasteiger partial charge on any atom is -0.368 e. The average Bonchev–Trinajstić information content (AvgIpc) is 2.87. The Morgan fingerprint density at radius 3 is 2.29 bits per heavy atom. The van der Waals surface area contributed by atoms with E-state index in [9.17, 15) is 4.79 Å². The van der Waals surface area contributed by atoms with Crippen LogP contribution in [-0.2, 0) is 4.79 Å². The molecule has 0 radical (unpaired) electrons. The van der Waals surface area contributed by atoms with E-state index in [4.69, 9.17) is 5.73 Å². The highest BCUT2D eigenvalue weighted by Crippen LogP contribution is 2.40. The normalized spacial score (nSPS) is 27.5. The van der Waals surface area contributed by atoms with Crippen LogP contribution in [0, 0.1) is 5.92 Å². The van der Waals surface area contributed by atoms with Gasteiger partial charge < -0.3 is 11.1 Å². The Labute approximate surface area is 85.4 Å². The molecule has 0 bridgehead atoms. The third-order valence-corrected chi connectivity index (χ3v) is 3.76. The first-order valence-electron chi connectivity index (χ1n) is 5.70. The van der Waals surface area contributed by atoms with Crippen molar-refractivity contribution in [3.05, 3.63) is 0 Å². The lowest BCUT2D eigenvalue weighted by molar-refractivity contribution is -0.125. The van der Waals surface area contributed by atoms with E-state index in [1.165, 1.54) is 25.7 Å². The molecule has 2 saturated carbocycles. The fourth-order valence-corrected chi connectivity index (χ4v) is 2.55. The van der Waals surface area contributed by atoms with Crippen molar-refractivity contribution >= 4 is 5.91 Å². The van der Waals surface area contributed by atoms with Gasteiger partial charge in [-0.3, -0.25) is 4.79 Å². The van der Waals surface area contributed by atoms with Crippen molar-refractivity contribution in [2.45, 2.75) is 57.0 Å². The molecule has 0 spiro atoms. The fraction of sp³-hybridized carbons (Fsp3) is 0.909. The first-order valence-corrected chi connectivity index (χ1v) is 5.70. The Hall–Kier alpha value is -0.570. The van der Waals surface area contributed by atoms with Crippen LogP contribution < -0.4 is 11.1 Å². The lowest BCUT2D eigenvalue weighted by Gasteiger charge is -2.31. The van der Waals surface area contributed by atoms with Gasteiger partial charge in [0.05, 0.1) is 5.54 Å². The molecule has 0 saturated heterocycles. The fourth-order valence-electron chi connectivity index (χ4n) is 2.55. The number of nitrogens with two attached hydrogens (primary N) is 1. The van der Waals surface area contributed by atoms with Gasteiger partial charge in [-0.15, -0.1) is 0 Å². The summed E-state index contributed by atoms with van der Waals surface area (Å²) in [5.74, 6) is 0.312. The van der Waals surface area contributed by atoms with Crippen LogP contribution in [0.1, 0.15) is 45.4 Å². The van der Waals surface area contributed by atoms with E-state index >= 15 is 0 Å². The Morgan fingerprint density at radius 1 is 1.29 bits per heavy atom. The molecule has 0 aliphatic heterocycles. The first-order chi connectivity index (χ1) is 6.63. The molecule has 3 heteroatoms. The highest BCUT2D eigenvalue weighted by Gasteiger charge is 2.47. The Balaban J connectivity index is 1.99. The quantitative estimate of drug-likeness (QED) is 0.709. The summed E-state index contributed by atoms with van der Waals surface area (Å²) in [6.45, 7) is 1.98. The third-order valence-electron chi connectivity index (χ3n) is 3.76. The largest absolute Gasteiger partial charge is 0.368 e. The maximum absolute atomic E-state index is 11.5. The summed E-state index contributed by atoms with van der Waals surface area (Å²) in [5.41, 5.74) is 5.05. The number of amides is 1. The molecule has 0 heterocycles. The lowest BCUT2D eigenvalue weighted by Crippen LogP contribution is -2.57. The lowest BCUT2D eigenvalue weighted by atomic mass is 9.93. The van der Waals surface area contributed by atoms with Gasteiger partial charge in [0.25, 0.3) is 0 Å². The van der Waals surface area contributed by atoms with E-state index in [2.05, 4.69) is 5.32 Å². The van der Waals surface area contributed by atoms with Crippen molar-refractivity contribution in [3.63, 3.8) is 0 Å². The SMILES string of the molecule is CC(NC1CCCC1)(C(N)=O)C1CC1. The molecule has 3 N–H and O–H groups in total. The van der Waals surface area contributed by atoms with Crippen molar-refractivity contribution in [1.29, 1.82) is 0 Å². The minimum atomic E-state index is -0.436. The van der Waals surface area contributed by atoms with Crippen LogP contribution in [0.15, 0.2) is 0 Å². The van der Waals surface area contributed by atoms with Gasteiger partial charge in [0, 0.05) is 6.04 Å². The third kappa shape index (κ3) is 1.78. The zero-order valence-corrected chi connectivity index (χ0v) is 8.88. The van der Waals surface area contributed by atoms with Gasteiger partial charge in [-0.2, -0.15) is 0 Å². The van der Waals surface area contributed by atoms with Gasteiger partial charge in [0.15, 0.2) is 0 Å². The monoisotopic (exact) mass is 196 g/mol. The number of primary amides is 1. The summed E-state index contributed by atoms with van der Waals surface area (Å²) in [4.78, 5) is 11.5. The van der Waals surface area contributed by atoms with Crippen LogP contribution in [-0.4, -0.2) is 17.5 Å². The van der Waals surface area contributed by atoms with Crippen LogP contribution in [0.25, 0.3) is 0 Å². The highest BCUT2D eigenvalue weighted by atomic mass is 16.1. The molecular formula is C11H20N2O. The molecule has 3 nitrogen and oxygen atoms in total. The average molecular weight is 196 g/mol. The summed E-state index contributed by atoms with van der Waals surface area (Å²) in [6.07, 6.45) is 7.29. The smallest absolute Gasteiger partial charge is 0.237 e. The van der Waals surface area contributed by atoms with Crippen molar-refractivity contribution < 1.29 is 4.79 Å². The van der Waals surface area contributed by atoms with Crippen molar-refractivity contribution in [3.8, 4) is 0 Å². The number of rotatable bonds is 4. The van der Waals surface area contributed by atoms with E-state index in [0.29, 0.717) is 12.0 Å². The van der Waals surface area contributed by atoms with E-state index < -0.39 is 5.54 Å². The van der Waals surface area contributed by atoms with Crippen LogP contribution >= 0.6 is 0 Å². The summed E-state index contributed by atoms with van der Waals surface area (Å²) in [7, 11) is 0. The Kier molecular flexibility index (Phi) is 2.52. The molecule has 80 valence electrons. The van der Waals surface area contributed by atoms with Gasteiger partial charge in [0.1, 0.15) is 0 Å². The molecule has 2 rings (SSSR count). The molecular weight excluding hydrogens is 176 g/mol. The molecule has 2 aliphatic carbocycles. The van der Waals surface area contributed by atoms with E-state index in [-0.39, 0.29) is 5.91 Å². The molecule has 1 unspecified atom stereocenters. The standard InChI is InChI=1S/C11H20N2O/c1-11(10(12)14,8-6-7-8)13-9-4-2-3-5-9/h8-9,13H,2-7H2,1H3,(H2,12,14). The number of hydrogen-bond acceptors (Lipinski definition) is 2. The van der Waals surface area contributed by atoms with E-state index in [1.807, 2.05) is 6.92 Å². The minimum absolute atomic E-state index is 0.174. The van der Waals surface area contributed by atoms with Crippen LogP contribution in [0.2, 0.25) is 0 Å². The van der Waals surface area contributed by atoms with Crippen LogP contribution in [0.3, 0.4) is 0 Å². The predicted molar refractivity (Wildman–Crippen MR) is 55.7 cm³/mol. The second kappa shape index (κ2) is 3.54. The van der Waals surface area contributed by atoms with Crippen molar-refractivity contribution in [2.24, 2.45) is 11.7 Å². The molecule has 0 aromatic heterocycles. The molecule has 2 fully saturated rings. The molecule has 0 aromatic rings. The number of carbonyl (C=O) groups is 1. The zero-order chi connectivity index (χ0) is 10.2. The molecule has 1 amide bonds. The van der Waals surface area contributed by atoms with E-state index in [1.54, 1.807) is 0 Å². The van der Waals surface area contributed by atoms with Gasteiger partial charge in [-0.1, -0.05) is 12.8 Å². The maximum Gasteiger partial charge on any atom is 0.237 e. The second-order valence-electron chi connectivity index (χ2n) is 4.97. The topological polar surface area (TPSA) is 55.1 Å². The molecule has 2 aliphatic rings. The van der Waals surface area contributed by atoms with Gasteiger partial charge >= 0.3 is 0 Å².